The van der Waals surface area contributed by atoms with E-state index in [1.807, 2.05) is 19.1 Å². The summed E-state index contributed by atoms with van der Waals surface area (Å²) in [5, 5.41) is 2.81. The Balaban J connectivity index is 2.02. The summed E-state index contributed by atoms with van der Waals surface area (Å²) in [7, 11) is 0. The van der Waals surface area contributed by atoms with Gasteiger partial charge in [0.25, 0.3) is 5.91 Å². The lowest BCUT2D eigenvalue weighted by Gasteiger charge is -2.14. The van der Waals surface area contributed by atoms with Crippen LogP contribution in [0, 0.1) is 5.92 Å². The van der Waals surface area contributed by atoms with E-state index >= 15 is 0 Å². The van der Waals surface area contributed by atoms with Crippen molar-refractivity contribution in [3.63, 3.8) is 0 Å². The molecule has 0 saturated carbocycles. The lowest BCUT2D eigenvalue weighted by atomic mass is 10.0. The Bertz CT molecular complexity index is 392. The van der Waals surface area contributed by atoms with Crippen LogP contribution in [-0.4, -0.2) is 18.6 Å². The van der Waals surface area contributed by atoms with Gasteiger partial charge in [-0.15, -0.1) is 0 Å². The van der Waals surface area contributed by atoms with Gasteiger partial charge in [-0.25, -0.2) is 0 Å². The predicted molar refractivity (Wildman–Crippen MR) is 63.0 cm³/mol. The van der Waals surface area contributed by atoms with E-state index in [1.54, 1.807) is 12.1 Å². The van der Waals surface area contributed by atoms with Gasteiger partial charge < -0.3 is 15.8 Å². The number of rotatable bonds is 2. The number of hydrogen-bond donors (Lipinski definition) is 2. The predicted octanol–water partition coefficient (Wildman–Crippen LogP) is 1.63. The lowest BCUT2D eigenvalue weighted by Crippen LogP contribution is -2.31. The van der Waals surface area contributed by atoms with Crippen molar-refractivity contribution in [1.29, 1.82) is 0 Å². The second kappa shape index (κ2) is 4.53. The van der Waals surface area contributed by atoms with Crippen molar-refractivity contribution < 1.29 is 9.53 Å². The van der Waals surface area contributed by atoms with Gasteiger partial charge in [0.05, 0.1) is 0 Å². The summed E-state index contributed by atoms with van der Waals surface area (Å²) < 4.78 is 5.39. The van der Waals surface area contributed by atoms with Crippen molar-refractivity contribution in [3.05, 3.63) is 24.3 Å². The van der Waals surface area contributed by atoms with Gasteiger partial charge in [0, 0.05) is 18.0 Å². The van der Waals surface area contributed by atoms with Gasteiger partial charge >= 0.3 is 0 Å². The summed E-state index contributed by atoms with van der Waals surface area (Å²) in [5.74, 6) is 0.191. The zero-order valence-corrected chi connectivity index (χ0v) is 9.27. The molecule has 86 valence electrons. The van der Waals surface area contributed by atoms with Crippen molar-refractivity contribution in [2.24, 2.45) is 5.92 Å². The molecule has 1 saturated heterocycles. The molecular weight excluding hydrogens is 204 g/mol. The number of nitrogens with two attached hydrogens (primary N) is 1. The van der Waals surface area contributed by atoms with Crippen molar-refractivity contribution in [2.45, 2.75) is 19.4 Å². The smallest absolute Gasteiger partial charge is 0.253 e. The Hall–Kier alpha value is -1.55. The van der Waals surface area contributed by atoms with Gasteiger partial charge in [-0.3, -0.25) is 4.79 Å². The van der Waals surface area contributed by atoms with Crippen LogP contribution in [0.4, 0.5) is 11.4 Å². The summed E-state index contributed by atoms with van der Waals surface area (Å²) in [6.45, 7) is 2.69. The van der Waals surface area contributed by atoms with Crippen molar-refractivity contribution >= 4 is 17.3 Å². The number of carbonyl (C=O) groups is 1. The van der Waals surface area contributed by atoms with E-state index in [9.17, 15) is 4.79 Å². The van der Waals surface area contributed by atoms with E-state index < -0.39 is 0 Å². The molecule has 0 spiro atoms. The second-order valence-electron chi connectivity index (χ2n) is 4.17. The number of amides is 1. The zero-order chi connectivity index (χ0) is 11.5. The third-order valence-electron chi connectivity index (χ3n) is 2.80. The van der Waals surface area contributed by atoms with E-state index in [0.29, 0.717) is 18.0 Å². The van der Waals surface area contributed by atoms with Crippen molar-refractivity contribution in [1.82, 2.24) is 0 Å². The molecule has 4 nitrogen and oxygen atoms in total. The summed E-state index contributed by atoms with van der Waals surface area (Å²) in [5.41, 5.74) is 6.99. The van der Waals surface area contributed by atoms with Crippen LogP contribution in [0.2, 0.25) is 0 Å². The number of nitrogens with one attached hydrogen (secondary N) is 1. The van der Waals surface area contributed by atoms with Crippen LogP contribution in [-0.2, 0) is 9.53 Å². The fourth-order valence-corrected chi connectivity index (χ4v) is 1.86. The number of ether oxygens (including phenoxy) is 1. The molecule has 3 N–H and O–H groups in total. The Kier molecular flexibility index (Phi) is 3.10. The second-order valence-corrected chi connectivity index (χ2v) is 4.17. The molecule has 2 rings (SSSR count). The molecule has 2 atom stereocenters. The maximum absolute atomic E-state index is 11.9. The van der Waals surface area contributed by atoms with Crippen LogP contribution in [0.1, 0.15) is 13.3 Å². The van der Waals surface area contributed by atoms with Gasteiger partial charge in [-0.2, -0.15) is 0 Å². The summed E-state index contributed by atoms with van der Waals surface area (Å²) >= 11 is 0. The minimum Gasteiger partial charge on any atom is -0.399 e. The monoisotopic (exact) mass is 220 g/mol. The quantitative estimate of drug-likeness (QED) is 0.744. The first-order chi connectivity index (χ1) is 7.66. The van der Waals surface area contributed by atoms with Crippen molar-refractivity contribution in [3.8, 4) is 0 Å². The molecule has 16 heavy (non-hydrogen) atoms. The first kappa shape index (κ1) is 11.0. The number of benzene rings is 1. The number of carbonyl (C=O) groups excluding carboxylic acids is 1. The van der Waals surface area contributed by atoms with E-state index in [-0.39, 0.29) is 17.9 Å². The molecule has 1 fully saturated rings. The Morgan fingerprint density at radius 3 is 3.00 bits per heavy atom. The van der Waals surface area contributed by atoms with Crippen LogP contribution < -0.4 is 11.1 Å². The fraction of sp³-hybridized carbons (Fsp3) is 0.417. The first-order valence-corrected chi connectivity index (χ1v) is 5.45. The Morgan fingerprint density at radius 2 is 2.38 bits per heavy atom. The van der Waals surface area contributed by atoms with Crippen molar-refractivity contribution in [2.75, 3.05) is 17.7 Å². The zero-order valence-electron chi connectivity index (χ0n) is 9.27. The van der Waals surface area contributed by atoms with Gasteiger partial charge in [0.1, 0.15) is 6.10 Å². The largest absolute Gasteiger partial charge is 0.399 e. The topological polar surface area (TPSA) is 64.3 Å². The highest BCUT2D eigenvalue weighted by molar-refractivity contribution is 5.94. The number of anilines is 2. The summed E-state index contributed by atoms with van der Waals surface area (Å²) in [6, 6.07) is 7.14. The van der Waals surface area contributed by atoms with E-state index in [2.05, 4.69) is 5.32 Å². The SMILES string of the molecule is CC1CCOC1C(=O)Nc1cccc(N)c1. The maximum Gasteiger partial charge on any atom is 0.253 e. The molecule has 0 aromatic heterocycles. The van der Waals surface area contributed by atoms with E-state index in [4.69, 9.17) is 10.5 Å². The third kappa shape index (κ3) is 2.33. The number of nitrogen functional groups attached to an aromatic ring is 1. The molecule has 0 radical (unpaired) electrons. The van der Waals surface area contributed by atoms with Crippen LogP contribution >= 0.6 is 0 Å². The van der Waals surface area contributed by atoms with Gasteiger partial charge in [0.2, 0.25) is 0 Å². The van der Waals surface area contributed by atoms with Crippen LogP contribution in [0.15, 0.2) is 24.3 Å². The van der Waals surface area contributed by atoms with Crippen LogP contribution in [0.25, 0.3) is 0 Å². The molecule has 2 unspecified atom stereocenters. The molecule has 1 aliphatic heterocycles. The molecule has 1 aromatic carbocycles. The lowest BCUT2D eigenvalue weighted by molar-refractivity contribution is -0.126. The maximum atomic E-state index is 11.9. The highest BCUT2D eigenvalue weighted by Crippen LogP contribution is 2.22. The molecule has 1 aromatic rings. The number of hydrogen-bond acceptors (Lipinski definition) is 3. The molecule has 4 heteroatoms. The van der Waals surface area contributed by atoms with Crippen LogP contribution in [0.3, 0.4) is 0 Å². The highest BCUT2D eigenvalue weighted by atomic mass is 16.5. The summed E-state index contributed by atoms with van der Waals surface area (Å²) in [4.78, 5) is 11.9. The first-order valence-electron chi connectivity index (χ1n) is 5.45. The molecular formula is C12H16N2O2. The standard InChI is InChI=1S/C12H16N2O2/c1-8-5-6-16-11(8)12(15)14-10-4-2-3-9(13)7-10/h2-4,7-8,11H,5-6,13H2,1H3,(H,14,15). The Labute approximate surface area is 94.8 Å². The Morgan fingerprint density at radius 1 is 1.56 bits per heavy atom. The molecule has 0 aliphatic carbocycles. The molecule has 1 aliphatic rings. The molecule has 1 heterocycles. The minimum absolute atomic E-state index is 0.0874. The fourth-order valence-electron chi connectivity index (χ4n) is 1.86. The highest BCUT2D eigenvalue weighted by Gasteiger charge is 2.30. The molecule has 0 bridgehead atoms. The van der Waals surface area contributed by atoms with E-state index in [0.717, 1.165) is 6.42 Å². The third-order valence-corrected chi connectivity index (χ3v) is 2.80. The average Bonchev–Trinajstić information content (AvgIpc) is 2.64. The summed E-state index contributed by atoms with van der Waals surface area (Å²) in [6.07, 6.45) is 0.607. The van der Waals surface area contributed by atoms with Gasteiger partial charge in [0.15, 0.2) is 0 Å². The average molecular weight is 220 g/mol. The van der Waals surface area contributed by atoms with E-state index in [1.165, 1.54) is 0 Å². The van der Waals surface area contributed by atoms with Crippen LogP contribution in [0.5, 0.6) is 0 Å². The van der Waals surface area contributed by atoms with Gasteiger partial charge in [-0.1, -0.05) is 13.0 Å². The van der Waals surface area contributed by atoms with Gasteiger partial charge in [-0.05, 0) is 30.5 Å². The normalized spacial score (nSPS) is 24.3. The molecule has 1 amide bonds. The minimum atomic E-state index is -0.332.